The standard InChI is InChI=1S/C20H32N2O.HI/c1-5-13-22(14-6-2)15-8-7-12-18(22)20(23)21-19-16(3)10-9-11-17(19)4;/h9-11,18H,5-8,12-15H2,1-4H3;1H/t18-;/m0./s1. The summed E-state index contributed by atoms with van der Waals surface area (Å²) in [5, 5.41) is 3.27. The molecule has 1 N–H and O–H groups in total. The van der Waals surface area contributed by atoms with Gasteiger partial charge in [0.05, 0.1) is 19.6 Å². The number of likely N-dealkylation sites (tertiary alicyclic amines) is 1. The molecule has 3 nitrogen and oxygen atoms in total. The smallest absolute Gasteiger partial charge is 0.282 e. The van der Waals surface area contributed by atoms with E-state index >= 15 is 0 Å². The lowest BCUT2D eigenvalue weighted by atomic mass is 9.95. The van der Waals surface area contributed by atoms with E-state index in [4.69, 9.17) is 0 Å². The van der Waals surface area contributed by atoms with E-state index in [-0.39, 0.29) is 35.9 Å². The largest absolute Gasteiger partial charge is 1.00 e. The first-order valence-corrected chi connectivity index (χ1v) is 9.27. The quantitative estimate of drug-likeness (QED) is 0.522. The average Bonchev–Trinajstić information content (AvgIpc) is 2.52. The van der Waals surface area contributed by atoms with Gasteiger partial charge < -0.3 is 33.8 Å². The van der Waals surface area contributed by atoms with Gasteiger partial charge in [-0.15, -0.1) is 0 Å². The number of piperidine rings is 1. The Bertz CT molecular complexity index is 513. The number of para-hydroxylation sites is 1. The molecule has 2 rings (SSSR count). The molecule has 0 bridgehead atoms. The molecule has 1 aliphatic heterocycles. The number of amides is 1. The SMILES string of the molecule is CCC[N+]1(CCC)CCCC[C@H]1C(=O)Nc1c(C)cccc1C.[I-]. The molecule has 1 fully saturated rings. The van der Waals surface area contributed by atoms with E-state index in [2.05, 4.69) is 51.2 Å². The number of benzene rings is 1. The summed E-state index contributed by atoms with van der Waals surface area (Å²) in [6.45, 7) is 12.0. The molecule has 1 aromatic rings. The second kappa shape index (κ2) is 9.76. The summed E-state index contributed by atoms with van der Waals surface area (Å²) in [6, 6.07) is 6.31. The normalized spacial score (nSPS) is 19.4. The van der Waals surface area contributed by atoms with Gasteiger partial charge in [0.25, 0.3) is 5.91 Å². The van der Waals surface area contributed by atoms with E-state index in [0.717, 1.165) is 60.2 Å². The molecular weight excluding hydrogens is 411 g/mol. The Hall–Kier alpha value is -0.620. The van der Waals surface area contributed by atoms with Crippen LogP contribution in [0.25, 0.3) is 0 Å². The fourth-order valence-electron chi connectivity index (χ4n) is 4.33. The second-order valence-corrected chi connectivity index (χ2v) is 7.16. The van der Waals surface area contributed by atoms with Crippen molar-refractivity contribution in [3.63, 3.8) is 0 Å². The molecule has 0 unspecified atom stereocenters. The maximum absolute atomic E-state index is 13.1. The summed E-state index contributed by atoms with van der Waals surface area (Å²) < 4.78 is 0.990. The first-order chi connectivity index (χ1) is 11.0. The number of anilines is 1. The lowest BCUT2D eigenvalue weighted by molar-refractivity contribution is -0.947. The van der Waals surface area contributed by atoms with Crippen LogP contribution in [0.5, 0.6) is 0 Å². The van der Waals surface area contributed by atoms with Crippen molar-refractivity contribution in [1.29, 1.82) is 0 Å². The predicted octanol–water partition coefficient (Wildman–Crippen LogP) is 1.44. The minimum Gasteiger partial charge on any atom is -1.00 e. The van der Waals surface area contributed by atoms with Crippen LogP contribution in [-0.4, -0.2) is 36.1 Å². The molecule has 0 aromatic heterocycles. The number of quaternary nitrogens is 1. The molecular formula is C20H33IN2O. The number of rotatable bonds is 6. The molecule has 24 heavy (non-hydrogen) atoms. The number of carbonyl (C=O) groups is 1. The van der Waals surface area contributed by atoms with Crippen LogP contribution in [0.2, 0.25) is 0 Å². The van der Waals surface area contributed by atoms with Crippen LogP contribution in [0.1, 0.15) is 57.1 Å². The highest BCUT2D eigenvalue weighted by Gasteiger charge is 2.42. The van der Waals surface area contributed by atoms with E-state index in [1.54, 1.807) is 0 Å². The van der Waals surface area contributed by atoms with Gasteiger partial charge in [0.15, 0.2) is 6.04 Å². The number of nitrogens with one attached hydrogen (secondary N) is 1. The van der Waals surface area contributed by atoms with Gasteiger partial charge in [-0.25, -0.2) is 0 Å². The lowest BCUT2D eigenvalue weighted by Gasteiger charge is -2.47. The van der Waals surface area contributed by atoms with Gasteiger partial charge in [0, 0.05) is 12.1 Å². The molecule has 1 atom stereocenters. The first-order valence-electron chi connectivity index (χ1n) is 9.27. The van der Waals surface area contributed by atoms with Gasteiger partial charge in [-0.2, -0.15) is 0 Å². The highest BCUT2D eigenvalue weighted by Crippen LogP contribution is 2.29. The maximum atomic E-state index is 13.1. The zero-order valence-corrected chi connectivity index (χ0v) is 17.9. The highest BCUT2D eigenvalue weighted by atomic mass is 127. The molecule has 0 spiro atoms. The van der Waals surface area contributed by atoms with Gasteiger partial charge in [-0.1, -0.05) is 32.0 Å². The van der Waals surface area contributed by atoms with E-state index in [1.165, 1.54) is 12.8 Å². The van der Waals surface area contributed by atoms with Gasteiger partial charge in [-0.3, -0.25) is 4.79 Å². The fourth-order valence-corrected chi connectivity index (χ4v) is 4.33. The zero-order chi connectivity index (χ0) is 16.9. The minimum absolute atomic E-state index is 0. The van der Waals surface area contributed by atoms with Crippen molar-refractivity contribution in [2.24, 2.45) is 0 Å². The van der Waals surface area contributed by atoms with Crippen LogP contribution in [-0.2, 0) is 4.79 Å². The van der Waals surface area contributed by atoms with Crippen molar-refractivity contribution in [2.75, 3.05) is 25.0 Å². The van der Waals surface area contributed by atoms with Gasteiger partial charge in [0.1, 0.15) is 0 Å². The monoisotopic (exact) mass is 444 g/mol. The molecule has 4 heteroatoms. The molecule has 0 radical (unpaired) electrons. The Morgan fingerprint density at radius 1 is 1.12 bits per heavy atom. The van der Waals surface area contributed by atoms with Crippen molar-refractivity contribution >= 4 is 11.6 Å². The lowest BCUT2D eigenvalue weighted by Crippen LogP contribution is -3.00. The molecule has 136 valence electrons. The fraction of sp³-hybridized carbons (Fsp3) is 0.650. The summed E-state index contributed by atoms with van der Waals surface area (Å²) in [5.74, 6) is 0.226. The average molecular weight is 444 g/mol. The number of nitrogens with zero attached hydrogens (tertiary/aromatic N) is 1. The predicted molar refractivity (Wildman–Crippen MR) is 97.6 cm³/mol. The number of aryl methyl sites for hydroxylation is 2. The van der Waals surface area contributed by atoms with Crippen LogP contribution in [0.4, 0.5) is 5.69 Å². The Morgan fingerprint density at radius 2 is 1.71 bits per heavy atom. The number of hydrogen-bond acceptors (Lipinski definition) is 1. The van der Waals surface area contributed by atoms with Crippen molar-refractivity contribution in [3.8, 4) is 0 Å². The summed E-state index contributed by atoms with van der Waals surface area (Å²) in [6.07, 6.45) is 5.75. The van der Waals surface area contributed by atoms with Crippen LogP contribution >= 0.6 is 0 Å². The Balaban J connectivity index is 0.00000288. The van der Waals surface area contributed by atoms with Gasteiger partial charge >= 0.3 is 0 Å². The topological polar surface area (TPSA) is 29.1 Å². The molecule has 0 saturated carbocycles. The third-order valence-electron chi connectivity index (χ3n) is 5.36. The van der Waals surface area contributed by atoms with Crippen LogP contribution in [0, 0.1) is 13.8 Å². The van der Waals surface area contributed by atoms with Crippen molar-refractivity contribution in [3.05, 3.63) is 29.3 Å². The number of hydrogen-bond donors (Lipinski definition) is 1. The van der Waals surface area contributed by atoms with Gasteiger partial charge in [0.2, 0.25) is 0 Å². The second-order valence-electron chi connectivity index (χ2n) is 7.16. The van der Waals surface area contributed by atoms with E-state index < -0.39 is 0 Å². The van der Waals surface area contributed by atoms with Crippen molar-refractivity contribution in [2.45, 2.75) is 65.8 Å². The van der Waals surface area contributed by atoms with Crippen molar-refractivity contribution < 1.29 is 33.3 Å². The van der Waals surface area contributed by atoms with Gasteiger partial charge in [-0.05, 0) is 50.7 Å². The Labute approximate surface area is 164 Å². The van der Waals surface area contributed by atoms with E-state index in [9.17, 15) is 4.79 Å². The van der Waals surface area contributed by atoms with E-state index in [0.29, 0.717) is 0 Å². The molecule has 1 saturated heterocycles. The summed E-state index contributed by atoms with van der Waals surface area (Å²) in [7, 11) is 0. The maximum Gasteiger partial charge on any atom is 0.282 e. The van der Waals surface area contributed by atoms with Crippen LogP contribution in [0.15, 0.2) is 18.2 Å². The number of halogens is 1. The van der Waals surface area contributed by atoms with Crippen LogP contribution < -0.4 is 29.3 Å². The molecule has 0 aliphatic carbocycles. The summed E-state index contributed by atoms with van der Waals surface area (Å²) in [5.41, 5.74) is 3.31. The molecule has 1 heterocycles. The van der Waals surface area contributed by atoms with E-state index in [1.807, 2.05) is 0 Å². The number of carbonyl (C=O) groups excluding carboxylic acids is 1. The summed E-state index contributed by atoms with van der Waals surface area (Å²) in [4.78, 5) is 13.1. The minimum atomic E-state index is 0. The molecule has 1 aliphatic rings. The van der Waals surface area contributed by atoms with Crippen molar-refractivity contribution in [1.82, 2.24) is 0 Å². The third-order valence-corrected chi connectivity index (χ3v) is 5.36. The Kier molecular flexibility index (Phi) is 8.71. The van der Waals surface area contributed by atoms with Crippen LogP contribution in [0.3, 0.4) is 0 Å². The first kappa shape index (κ1) is 21.4. The molecule has 1 aromatic carbocycles. The summed E-state index contributed by atoms with van der Waals surface area (Å²) >= 11 is 0. The zero-order valence-electron chi connectivity index (χ0n) is 15.7. The molecule has 1 amide bonds. The Morgan fingerprint density at radius 3 is 2.25 bits per heavy atom. The highest BCUT2D eigenvalue weighted by molar-refractivity contribution is 5.95. The third kappa shape index (κ3) is 4.72.